The number of hydrogen-bond acceptors (Lipinski definition) is 3. The van der Waals surface area contributed by atoms with E-state index in [9.17, 15) is 4.79 Å². The van der Waals surface area contributed by atoms with Crippen LogP contribution in [0, 0.1) is 3.70 Å². The van der Waals surface area contributed by atoms with Gasteiger partial charge in [-0.05, 0) is 64.9 Å². The molecule has 1 heterocycles. The molecule has 0 atom stereocenters. The first-order chi connectivity index (χ1) is 10.2. The van der Waals surface area contributed by atoms with Crippen LogP contribution in [-0.2, 0) is 4.74 Å². The lowest BCUT2D eigenvalue weighted by Gasteiger charge is -2.05. The molecular formula is C16H13IN2O2. The summed E-state index contributed by atoms with van der Waals surface area (Å²) < 4.78 is 6.05. The maximum Gasteiger partial charge on any atom is 0.338 e. The van der Waals surface area contributed by atoms with Gasteiger partial charge in [0.05, 0.1) is 17.7 Å². The minimum atomic E-state index is -0.293. The number of nitrogens with zero attached hydrogens (tertiary/aromatic N) is 1. The first kappa shape index (κ1) is 14.1. The fraction of sp³-hybridized carbons (Fsp3) is 0.125. The normalized spacial score (nSPS) is 10.8. The number of esters is 1. The summed E-state index contributed by atoms with van der Waals surface area (Å²) in [7, 11) is 0. The van der Waals surface area contributed by atoms with Crippen LogP contribution < -0.4 is 0 Å². The van der Waals surface area contributed by atoms with Crippen molar-refractivity contribution < 1.29 is 9.53 Å². The number of fused-ring (bicyclic) bond motifs is 1. The maximum absolute atomic E-state index is 11.8. The molecule has 0 saturated heterocycles. The van der Waals surface area contributed by atoms with E-state index in [0.29, 0.717) is 12.2 Å². The number of rotatable bonds is 3. The minimum absolute atomic E-state index is 0.293. The van der Waals surface area contributed by atoms with Gasteiger partial charge in [-0.3, -0.25) is 5.10 Å². The molecular weight excluding hydrogens is 379 g/mol. The molecule has 0 unspecified atom stereocenters. The molecule has 0 aliphatic carbocycles. The van der Waals surface area contributed by atoms with Gasteiger partial charge in [0.15, 0.2) is 0 Å². The van der Waals surface area contributed by atoms with E-state index in [1.54, 1.807) is 13.0 Å². The average Bonchev–Trinajstić information content (AvgIpc) is 2.89. The van der Waals surface area contributed by atoms with E-state index in [2.05, 4.69) is 38.9 Å². The van der Waals surface area contributed by atoms with Crippen molar-refractivity contribution in [3.63, 3.8) is 0 Å². The van der Waals surface area contributed by atoms with Crippen LogP contribution in [0.25, 0.3) is 22.0 Å². The van der Waals surface area contributed by atoms with E-state index in [1.807, 2.05) is 30.3 Å². The molecule has 4 nitrogen and oxygen atoms in total. The molecule has 3 aromatic rings. The van der Waals surface area contributed by atoms with Gasteiger partial charge < -0.3 is 4.74 Å². The molecule has 0 saturated carbocycles. The molecule has 2 aromatic carbocycles. The van der Waals surface area contributed by atoms with Crippen molar-refractivity contribution in [2.75, 3.05) is 6.61 Å². The van der Waals surface area contributed by atoms with Gasteiger partial charge in [-0.25, -0.2) is 4.79 Å². The molecule has 0 aliphatic heterocycles. The molecule has 0 bridgehead atoms. The summed E-state index contributed by atoms with van der Waals surface area (Å²) in [5.74, 6) is -0.293. The SMILES string of the molecule is CCOC(=O)c1cccc(-c2ccc3n[nH]c(I)c3c2)c1. The Kier molecular flexibility index (Phi) is 3.92. The molecule has 1 N–H and O–H groups in total. The number of H-pyrrole nitrogens is 1. The largest absolute Gasteiger partial charge is 0.462 e. The number of ether oxygens (including phenoxy) is 1. The van der Waals surface area contributed by atoms with Crippen molar-refractivity contribution in [2.24, 2.45) is 0 Å². The van der Waals surface area contributed by atoms with E-state index in [0.717, 1.165) is 25.7 Å². The monoisotopic (exact) mass is 392 g/mol. The molecule has 0 spiro atoms. The van der Waals surface area contributed by atoms with E-state index in [4.69, 9.17) is 4.74 Å². The summed E-state index contributed by atoms with van der Waals surface area (Å²) in [5.41, 5.74) is 3.54. The summed E-state index contributed by atoms with van der Waals surface area (Å²) in [6.45, 7) is 2.18. The Bertz CT molecular complexity index is 811. The Morgan fingerprint density at radius 1 is 1.24 bits per heavy atom. The molecule has 5 heteroatoms. The van der Waals surface area contributed by atoms with Crippen LogP contribution in [0.2, 0.25) is 0 Å². The van der Waals surface area contributed by atoms with Crippen molar-refractivity contribution in [3.8, 4) is 11.1 Å². The maximum atomic E-state index is 11.8. The molecule has 0 fully saturated rings. The smallest absolute Gasteiger partial charge is 0.338 e. The predicted molar refractivity (Wildman–Crippen MR) is 90.2 cm³/mol. The quantitative estimate of drug-likeness (QED) is 0.541. The second-order valence-corrected chi connectivity index (χ2v) is 5.65. The minimum Gasteiger partial charge on any atom is -0.462 e. The highest BCUT2D eigenvalue weighted by Crippen LogP contribution is 2.26. The Balaban J connectivity index is 2.03. The molecule has 106 valence electrons. The van der Waals surface area contributed by atoms with Crippen molar-refractivity contribution >= 4 is 39.5 Å². The Labute approximate surface area is 135 Å². The standard InChI is InChI=1S/C16H13IN2O2/c1-2-21-16(20)12-5-3-4-10(8-12)11-6-7-14-13(9-11)15(17)19-18-14/h3-9H,2H2,1H3,(H,18,19). The van der Waals surface area contributed by atoms with E-state index >= 15 is 0 Å². The van der Waals surface area contributed by atoms with Crippen LogP contribution in [0.4, 0.5) is 0 Å². The predicted octanol–water partition coefficient (Wildman–Crippen LogP) is 4.01. The van der Waals surface area contributed by atoms with E-state index in [-0.39, 0.29) is 5.97 Å². The molecule has 0 radical (unpaired) electrons. The zero-order valence-corrected chi connectivity index (χ0v) is 13.5. The number of carbonyl (C=O) groups is 1. The summed E-state index contributed by atoms with van der Waals surface area (Å²) in [5, 5.41) is 8.26. The lowest BCUT2D eigenvalue weighted by atomic mass is 10.0. The van der Waals surface area contributed by atoms with Crippen LogP contribution >= 0.6 is 22.6 Å². The topological polar surface area (TPSA) is 55.0 Å². The summed E-state index contributed by atoms with van der Waals surface area (Å²) in [6, 6.07) is 13.5. The van der Waals surface area contributed by atoms with E-state index < -0.39 is 0 Å². The third-order valence-electron chi connectivity index (χ3n) is 3.21. The second-order valence-electron chi connectivity index (χ2n) is 4.57. The number of nitrogens with one attached hydrogen (secondary N) is 1. The fourth-order valence-electron chi connectivity index (χ4n) is 2.20. The zero-order valence-electron chi connectivity index (χ0n) is 11.4. The zero-order chi connectivity index (χ0) is 14.8. The van der Waals surface area contributed by atoms with Crippen LogP contribution in [0.3, 0.4) is 0 Å². The number of aromatic nitrogens is 2. The van der Waals surface area contributed by atoms with E-state index in [1.165, 1.54) is 0 Å². The van der Waals surface area contributed by atoms with Gasteiger partial charge in [0.1, 0.15) is 3.70 Å². The van der Waals surface area contributed by atoms with Crippen LogP contribution in [0.1, 0.15) is 17.3 Å². The summed E-state index contributed by atoms with van der Waals surface area (Å²) >= 11 is 2.23. The Hall–Kier alpha value is -1.89. The van der Waals surface area contributed by atoms with Crippen LogP contribution in [0.5, 0.6) is 0 Å². The molecule has 0 aliphatic rings. The summed E-state index contributed by atoms with van der Waals surface area (Å²) in [6.07, 6.45) is 0. The van der Waals surface area contributed by atoms with Gasteiger partial charge in [-0.2, -0.15) is 5.10 Å². The summed E-state index contributed by atoms with van der Waals surface area (Å²) in [4.78, 5) is 11.8. The average molecular weight is 392 g/mol. The lowest BCUT2D eigenvalue weighted by molar-refractivity contribution is 0.0526. The van der Waals surface area contributed by atoms with Gasteiger partial charge in [-0.1, -0.05) is 18.2 Å². The van der Waals surface area contributed by atoms with Gasteiger partial charge in [0, 0.05) is 5.39 Å². The first-order valence-corrected chi connectivity index (χ1v) is 7.68. The van der Waals surface area contributed by atoms with Crippen LogP contribution in [-0.4, -0.2) is 22.8 Å². The highest BCUT2D eigenvalue weighted by Gasteiger charge is 2.09. The second kappa shape index (κ2) is 5.85. The van der Waals surface area contributed by atoms with Crippen molar-refractivity contribution in [1.82, 2.24) is 10.2 Å². The van der Waals surface area contributed by atoms with Crippen LogP contribution in [0.15, 0.2) is 42.5 Å². The molecule has 21 heavy (non-hydrogen) atoms. The van der Waals surface area contributed by atoms with Crippen molar-refractivity contribution in [3.05, 3.63) is 51.7 Å². The number of hydrogen-bond donors (Lipinski definition) is 1. The van der Waals surface area contributed by atoms with Gasteiger partial charge >= 0.3 is 5.97 Å². The van der Waals surface area contributed by atoms with Gasteiger partial charge in [0.25, 0.3) is 0 Å². The fourth-order valence-corrected chi connectivity index (χ4v) is 2.75. The third kappa shape index (κ3) is 2.78. The first-order valence-electron chi connectivity index (χ1n) is 6.60. The highest BCUT2D eigenvalue weighted by atomic mass is 127. The lowest BCUT2D eigenvalue weighted by Crippen LogP contribution is -2.04. The van der Waals surface area contributed by atoms with Crippen molar-refractivity contribution in [2.45, 2.75) is 6.92 Å². The number of halogens is 1. The number of benzene rings is 2. The third-order valence-corrected chi connectivity index (χ3v) is 4.04. The number of carbonyl (C=O) groups excluding carboxylic acids is 1. The molecule has 1 aromatic heterocycles. The highest BCUT2D eigenvalue weighted by molar-refractivity contribution is 14.1. The Morgan fingerprint density at radius 3 is 2.86 bits per heavy atom. The number of aromatic amines is 1. The van der Waals surface area contributed by atoms with Crippen molar-refractivity contribution in [1.29, 1.82) is 0 Å². The molecule has 3 rings (SSSR count). The Morgan fingerprint density at radius 2 is 2.05 bits per heavy atom. The van der Waals surface area contributed by atoms with Gasteiger partial charge in [-0.15, -0.1) is 0 Å². The molecule has 0 amide bonds. The van der Waals surface area contributed by atoms with Gasteiger partial charge in [0.2, 0.25) is 0 Å².